The summed E-state index contributed by atoms with van der Waals surface area (Å²) in [5, 5.41) is 11.2. The fourth-order valence-electron chi connectivity index (χ4n) is 1.42. The highest BCUT2D eigenvalue weighted by Gasteiger charge is 2.10. The molecule has 0 spiro atoms. The third-order valence-corrected chi connectivity index (χ3v) is 3.43. The lowest BCUT2D eigenvalue weighted by Gasteiger charge is -2.10. The predicted octanol–water partition coefficient (Wildman–Crippen LogP) is 2.28. The number of thioether (sulfide) groups is 1. The highest BCUT2D eigenvalue weighted by atomic mass is 32.2. The zero-order valence-corrected chi connectivity index (χ0v) is 11.7. The van der Waals surface area contributed by atoms with Gasteiger partial charge in [-0.25, -0.2) is 8.78 Å². The van der Waals surface area contributed by atoms with Crippen molar-refractivity contribution in [1.29, 1.82) is 0 Å². The number of carbonyl (C=O) groups is 2. The van der Waals surface area contributed by atoms with Crippen molar-refractivity contribution < 1.29 is 23.5 Å². The predicted molar refractivity (Wildman–Crippen MR) is 71.5 cm³/mol. The van der Waals surface area contributed by atoms with Crippen molar-refractivity contribution in [3.05, 3.63) is 29.8 Å². The molecule has 7 heteroatoms. The fourth-order valence-corrected chi connectivity index (χ4v) is 2.18. The summed E-state index contributed by atoms with van der Waals surface area (Å²) >= 11 is 1.08. The normalized spacial score (nSPS) is 11.9. The second-order valence-electron chi connectivity index (χ2n) is 4.37. The summed E-state index contributed by atoms with van der Waals surface area (Å²) in [4.78, 5) is 22.4. The van der Waals surface area contributed by atoms with Gasteiger partial charge in [0.1, 0.15) is 0 Å². The Balaban J connectivity index is 2.32. The van der Waals surface area contributed by atoms with Crippen LogP contribution in [0.3, 0.4) is 0 Å². The van der Waals surface area contributed by atoms with Crippen molar-refractivity contribution in [2.75, 3.05) is 12.3 Å². The molecule has 0 heterocycles. The van der Waals surface area contributed by atoms with Crippen LogP contribution in [0.5, 0.6) is 0 Å². The molecule has 1 unspecified atom stereocenters. The fraction of sp³-hybridized carbons (Fsp3) is 0.385. The standard InChI is InChI=1S/C13H15F2NO3S/c1-8(4-13(18)19)6-16-12(17)7-20-9-2-3-10(14)11(15)5-9/h2-3,5,8H,4,6-7H2,1H3,(H,16,17)(H,18,19). The van der Waals surface area contributed by atoms with Crippen LogP contribution in [0.4, 0.5) is 8.78 Å². The molecule has 0 saturated heterocycles. The Morgan fingerprint density at radius 1 is 1.35 bits per heavy atom. The quantitative estimate of drug-likeness (QED) is 0.758. The molecule has 0 radical (unpaired) electrons. The summed E-state index contributed by atoms with van der Waals surface area (Å²) in [6.07, 6.45) is -0.0173. The number of benzene rings is 1. The van der Waals surface area contributed by atoms with Crippen LogP contribution in [-0.4, -0.2) is 29.3 Å². The molecule has 1 rings (SSSR count). The van der Waals surface area contributed by atoms with Crippen LogP contribution in [0.2, 0.25) is 0 Å². The van der Waals surface area contributed by atoms with Crippen molar-refractivity contribution >= 4 is 23.6 Å². The Hall–Kier alpha value is -1.63. The van der Waals surface area contributed by atoms with E-state index in [0.29, 0.717) is 4.90 Å². The van der Waals surface area contributed by atoms with E-state index in [2.05, 4.69) is 5.32 Å². The number of aliphatic carboxylic acids is 1. The summed E-state index contributed by atoms with van der Waals surface area (Å²) in [6.45, 7) is 1.99. The van der Waals surface area contributed by atoms with Crippen LogP contribution in [0.15, 0.2) is 23.1 Å². The molecule has 1 amide bonds. The van der Waals surface area contributed by atoms with Gasteiger partial charge >= 0.3 is 5.97 Å². The smallest absolute Gasteiger partial charge is 0.303 e. The molecule has 1 atom stereocenters. The zero-order valence-electron chi connectivity index (χ0n) is 10.9. The first kappa shape index (κ1) is 16.4. The number of carbonyl (C=O) groups excluding carboxylic acids is 1. The second kappa shape index (κ2) is 7.84. The number of halogens is 2. The van der Waals surface area contributed by atoms with Gasteiger partial charge in [-0.15, -0.1) is 11.8 Å². The van der Waals surface area contributed by atoms with Crippen molar-refractivity contribution in [2.45, 2.75) is 18.2 Å². The van der Waals surface area contributed by atoms with Crippen LogP contribution >= 0.6 is 11.8 Å². The van der Waals surface area contributed by atoms with E-state index in [1.165, 1.54) is 6.07 Å². The van der Waals surface area contributed by atoms with Gasteiger partial charge in [-0.3, -0.25) is 9.59 Å². The van der Waals surface area contributed by atoms with Gasteiger partial charge < -0.3 is 10.4 Å². The summed E-state index contributed by atoms with van der Waals surface area (Å²) in [5.41, 5.74) is 0. The van der Waals surface area contributed by atoms with E-state index >= 15 is 0 Å². The van der Waals surface area contributed by atoms with E-state index in [4.69, 9.17) is 5.11 Å². The minimum Gasteiger partial charge on any atom is -0.481 e. The number of rotatable bonds is 7. The number of carboxylic acid groups (broad SMARTS) is 1. The number of nitrogens with one attached hydrogen (secondary N) is 1. The van der Waals surface area contributed by atoms with Gasteiger partial charge in [-0.05, 0) is 24.1 Å². The van der Waals surface area contributed by atoms with Gasteiger partial charge in [0.2, 0.25) is 5.91 Å². The van der Waals surface area contributed by atoms with E-state index < -0.39 is 17.6 Å². The molecule has 4 nitrogen and oxygen atoms in total. The third kappa shape index (κ3) is 6.01. The van der Waals surface area contributed by atoms with Gasteiger partial charge in [0, 0.05) is 17.9 Å². The average Bonchev–Trinajstić information content (AvgIpc) is 2.37. The SMILES string of the molecule is CC(CNC(=O)CSc1ccc(F)c(F)c1)CC(=O)O. The number of carboxylic acids is 1. The molecule has 110 valence electrons. The van der Waals surface area contributed by atoms with Crippen molar-refractivity contribution in [1.82, 2.24) is 5.32 Å². The minimum absolute atomic E-state index is 0.0173. The first-order chi connectivity index (χ1) is 9.38. The largest absolute Gasteiger partial charge is 0.481 e. The monoisotopic (exact) mass is 303 g/mol. The van der Waals surface area contributed by atoms with E-state index in [1.807, 2.05) is 0 Å². The molecule has 1 aromatic carbocycles. The maximum Gasteiger partial charge on any atom is 0.303 e. The molecule has 0 saturated carbocycles. The lowest BCUT2D eigenvalue weighted by molar-refractivity contribution is -0.138. The Bertz CT molecular complexity index is 497. The van der Waals surface area contributed by atoms with Crippen molar-refractivity contribution in [3.63, 3.8) is 0 Å². The summed E-state index contributed by atoms with van der Waals surface area (Å²) in [7, 11) is 0. The maximum absolute atomic E-state index is 12.9. The van der Waals surface area contributed by atoms with Gasteiger partial charge in [-0.1, -0.05) is 6.92 Å². The molecule has 2 N–H and O–H groups in total. The van der Waals surface area contributed by atoms with E-state index in [0.717, 1.165) is 23.9 Å². The third-order valence-electron chi connectivity index (χ3n) is 2.43. The highest BCUT2D eigenvalue weighted by molar-refractivity contribution is 8.00. The Morgan fingerprint density at radius 3 is 2.65 bits per heavy atom. The first-order valence-corrected chi connectivity index (χ1v) is 6.93. The van der Waals surface area contributed by atoms with Gasteiger partial charge in [0.15, 0.2) is 11.6 Å². The topological polar surface area (TPSA) is 66.4 Å². The van der Waals surface area contributed by atoms with Crippen LogP contribution < -0.4 is 5.32 Å². The zero-order chi connectivity index (χ0) is 15.1. The van der Waals surface area contributed by atoms with Crippen LogP contribution in [-0.2, 0) is 9.59 Å². The number of hydrogen-bond acceptors (Lipinski definition) is 3. The minimum atomic E-state index is -0.953. The molecule has 0 aromatic heterocycles. The molecule has 20 heavy (non-hydrogen) atoms. The molecule has 0 aliphatic heterocycles. The molecule has 0 bridgehead atoms. The van der Waals surface area contributed by atoms with Gasteiger partial charge in [0.25, 0.3) is 0 Å². The summed E-state index contributed by atoms with van der Waals surface area (Å²) < 4.78 is 25.6. The summed E-state index contributed by atoms with van der Waals surface area (Å²) in [6, 6.07) is 3.42. The van der Waals surface area contributed by atoms with Gasteiger partial charge in [-0.2, -0.15) is 0 Å². The molecule has 0 aliphatic rings. The molecule has 0 aliphatic carbocycles. The van der Waals surface area contributed by atoms with Crippen molar-refractivity contribution in [3.8, 4) is 0 Å². The van der Waals surface area contributed by atoms with E-state index in [1.54, 1.807) is 6.92 Å². The molecule has 1 aromatic rings. The molecular weight excluding hydrogens is 288 g/mol. The number of amides is 1. The van der Waals surface area contributed by atoms with Gasteiger partial charge in [0.05, 0.1) is 5.75 Å². The van der Waals surface area contributed by atoms with E-state index in [9.17, 15) is 18.4 Å². The van der Waals surface area contributed by atoms with Crippen LogP contribution in [0, 0.1) is 17.6 Å². The maximum atomic E-state index is 12.9. The van der Waals surface area contributed by atoms with E-state index in [-0.39, 0.29) is 30.5 Å². The summed E-state index contributed by atoms with van der Waals surface area (Å²) in [5.74, 6) is -3.18. The second-order valence-corrected chi connectivity index (χ2v) is 5.42. The lowest BCUT2D eigenvalue weighted by Crippen LogP contribution is -2.30. The number of hydrogen-bond donors (Lipinski definition) is 2. The lowest BCUT2D eigenvalue weighted by atomic mass is 10.1. The Labute approximate surface area is 119 Å². The first-order valence-electron chi connectivity index (χ1n) is 5.95. The molecule has 0 fully saturated rings. The molecular formula is C13H15F2NO3S. The average molecular weight is 303 g/mol. The highest BCUT2D eigenvalue weighted by Crippen LogP contribution is 2.20. The Kier molecular flexibility index (Phi) is 6.44. The van der Waals surface area contributed by atoms with Crippen LogP contribution in [0.25, 0.3) is 0 Å². The van der Waals surface area contributed by atoms with Crippen molar-refractivity contribution in [2.24, 2.45) is 5.92 Å². The Morgan fingerprint density at radius 2 is 2.05 bits per heavy atom. The van der Waals surface area contributed by atoms with Crippen LogP contribution in [0.1, 0.15) is 13.3 Å².